The van der Waals surface area contributed by atoms with Crippen molar-refractivity contribution in [1.82, 2.24) is 4.31 Å². The highest BCUT2D eigenvalue weighted by molar-refractivity contribution is 7.89. The first-order valence-electron chi connectivity index (χ1n) is 6.63. The van der Waals surface area contributed by atoms with Gasteiger partial charge in [0.25, 0.3) is 5.91 Å². The lowest BCUT2D eigenvalue weighted by Gasteiger charge is -2.20. The molecule has 1 saturated heterocycles. The molecule has 21 heavy (non-hydrogen) atoms. The van der Waals surface area contributed by atoms with E-state index in [1.807, 2.05) is 0 Å². The molecule has 1 unspecified atom stereocenters. The number of hydrogen-bond acceptors (Lipinski definition) is 5. The molecule has 0 saturated carbocycles. The van der Waals surface area contributed by atoms with Crippen LogP contribution in [0.1, 0.15) is 30.6 Å². The maximum Gasteiger partial charge on any atom is 0.276 e. The third-order valence-electron chi connectivity index (χ3n) is 3.25. The molecule has 0 aliphatic carbocycles. The third-order valence-corrected chi connectivity index (χ3v) is 5.08. The predicted molar refractivity (Wildman–Crippen MR) is 76.7 cm³/mol. The van der Waals surface area contributed by atoms with Gasteiger partial charge in [-0.05, 0) is 32.4 Å². The van der Waals surface area contributed by atoms with Gasteiger partial charge in [-0.3, -0.25) is 9.59 Å². The highest BCUT2D eigenvalue weighted by atomic mass is 32.2. The van der Waals surface area contributed by atoms with Crippen LogP contribution < -0.4 is 4.74 Å². The second-order valence-electron chi connectivity index (χ2n) is 4.92. The number of ketones is 1. The Balaban J connectivity index is 2.11. The van der Waals surface area contributed by atoms with Crippen LogP contribution in [0.4, 0.5) is 0 Å². The molecule has 2 rings (SSSR count). The van der Waals surface area contributed by atoms with Gasteiger partial charge in [0, 0.05) is 12.1 Å². The summed E-state index contributed by atoms with van der Waals surface area (Å²) in [5.74, 6) is -0.340. The summed E-state index contributed by atoms with van der Waals surface area (Å²) in [6.07, 6.45) is -0.485. The number of carbonyl (C=O) groups is 2. The summed E-state index contributed by atoms with van der Waals surface area (Å²) in [4.78, 5) is 23.4. The van der Waals surface area contributed by atoms with E-state index < -0.39 is 22.0 Å². The number of hydrogen-bond donors (Lipinski definition) is 0. The normalized spacial score (nSPS) is 18.3. The van der Waals surface area contributed by atoms with Gasteiger partial charge in [-0.2, -0.15) is 0 Å². The SMILES string of the molecule is CC(=O)c1cccc(OC(C)C(=O)N2CCCS2(=O)=O)c1. The first kappa shape index (κ1) is 15.5. The van der Waals surface area contributed by atoms with Gasteiger partial charge in [-0.25, -0.2) is 12.7 Å². The lowest BCUT2D eigenvalue weighted by molar-refractivity contribution is -0.132. The van der Waals surface area contributed by atoms with Crippen molar-refractivity contribution in [3.63, 3.8) is 0 Å². The molecule has 1 aromatic rings. The van der Waals surface area contributed by atoms with E-state index in [1.165, 1.54) is 19.9 Å². The van der Waals surface area contributed by atoms with Gasteiger partial charge in [-0.15, -0.1) is 0 Å². The Hall–Kier alpha value is -1.89. The third kappa shape index (κ3) is 3.41. The van der Waals surface area contributed by atoms with Crippen molar-refractivity contribution in [1.29, 1.82) is 0 Å². The van der Waals surface area contributed by atoms with Crippen molar-refractivity contribution >= 4 is 21.7 Å². The highest BCUT2D eigenvalue weighted by Gasteiger charge is 2.35. The molecule has 1 atom stereocenters. The fraction of sp³-hybridized carbons (Fsp3) is 0.429. The fourth-order valence-corrected chi connectivity index (χ4v) is 3.68. The summed E-state index contributed by atoms with van der Waals surface area (Å²) >= 11 is 0. The van der Waals surface area contributed by atoms with E-state index in [9.17, 15) is 18.0 Å². The number of ether oxygens (including phenoxy) is 1. The molecule has 1 heterocycles. The molecule has 114 valence electrons. The Labute approximate surface area is 123 Å². The average Bonchev–Trinajstić information content (AvgIpc) is 2.77. The van der Waals surface area contributed by atoms with Crippen LogP contribution >= 0.6 is 0 Å². The number of benzene rings is 1. The van der Waals surface area contributed by atoms with Gasteiger partial charge in [0.05, 0.1) is 5.75 Å². The lowest BCUT2D eigenvalue weighted by atomic mass is 10.1. The molecule has 1 fully saturated rings. The van der Waals surface area contributed by atoms with Gasteiger partial charge in [0.2, 0.25) is 10.0 Å². The van der Waals surface area contributed by atoms with E-state index >= 15 is 0 Å². The van der Waals surface area contributed by atoms with Gasteiger partial charge in [-0.1, -0.05) is 12.1 Å². The highest BCUT2D eigenvalue weighted by Crippen LogP contribution is 2.19. The van der Waals surface area contributed by atoms with E-state index in [2.05, 4.69) is 0 Å². The largest absolute Gasteiger partial charge is 0.481 e. The summed E-state index contributed by atoms with van der Waals surface area (Å²) in [6.45, 7) is 3.13. The fourth-order valence-electron chi connectivity index (χ4n) is 2.13. The molecule has 1 aliphatic rings. The molecular weight excluding hydrogens is 294 g/mol. The van der Waals surface area contributed by atoms with Crippen molar-refractivity contribution in [3.05, 3.63) is 29.8 Å². The van der Waals surface area contributed by atoms with Gasteiger partial charge < -0.3 is 4.74 Å². The van der Waals surface area contributed by atoms with Crippen molar-refractivity contribution in [2.24, 2.45) is 0 Å². The Morgan fingerprint density at radius 1 is 1.33 bits per heavy atom. The first-order chi connectivity index (χ1) is 9.81. The first-order valence-corrected chi connectivity index (χ1v) is 8.24. The maximum atomic E-state index is 12.1. The minimum absolute atomic E-state index is 0.00865. The zero-order valence-electron chi connectivity index (χ0n) is 11.9. The zero-order valence-corrected chi connectivity index (χ0v) is 12.7. The lowest BCUT2D eigenvalue weighted by Crippen LogP contribution is -2.41. The van der Waals surface area contributed by atoms with Crippen LogP contribution in [0.2, 0.25) is 0 Å². The van der Waals surface area contributed by atoms with Crippen LogP contribution in [0.5, 0.6) is 5.75 Å². The Morgan fingerprint density at radius 3 is 2.62 bits per heavy atom. The maximum absolute atomic E-state index is 12.1. The summed E-state index contributed by atoms with van der Waals surface area (Å²) in [5.41, 5.74) is 0.473. The molecule has 1 aliphatic heterocycles. The Bertz CT molecular complexity index is 668. The second kappa shape index (κ2) is 5.85. The number of amides is 1. The summed E-state index contributed by atoms with van der Waals surface area (Å²) < 4.78 is 29.7. The molecule has 7 heteroatoms. The van der Waals surface area contributed by atoms with Gasteiger partial charge in [0.15, 0.2) is 11.9 Å². The summed E-state index contributed by atoms with van der Waals surface area (Å²) in [5, 5.41) is 0. The summed E-state index contributed by atoms with van der Waals surface area (Å²) in [7, 11) is -3.50. The van der Waals surface area contributed by atoms with E-state index in [1.54, 1.807) is 18.2 Å². The molecule has 1 aromatic carbocycles. The number of carbonyl (C=O) groups excluding carboxylic acids is 2. The topological polar surface area (TPSA) is 80.8 Å². The average molecular weight is 311 g/mol. The van der Waals surface area contributed by atoms with Crippen molar-refractivity contribution in [2.75, 3.05) is 12.3 Å². The number of rotatable bonds is 4. The van der Waals surface area contributed by atoms with Crippen LogP contribution in [0.3, 0.4) is 0 Å². The van der Waals surface area contributed by atoms with E-state index in [4.69, 9.17) is 4.74 Å². The molecule has 0 aromatic heterocycles. The standard InChI is InChI=1S/C14H17NO5S/c1-10(16)12-5-3-6-13(9-12)20-11(2)14(17)15-7-4-8-21(15,18)19/h3,5-6,9,11H,4,7-8H2,1-2H3. The summed E-state index contributed by atoms with van der Waals surface area (Å²) in [6, 6.07) is 6.45. The molecule has 0 spiro atoms. The molecule has 1 amide bonds. The molecule has 0 radical (unpaired) electrons. The molecular formula is C14H17NO5S. The van der Waals surface area contributed by atoms with Crippen LogP contribution in [0, 0.1) is 0 Å². The van der Waals surface area contributed by atoms with Crippen molar-refractivity contribution in [2.45, 2.75) is 26.4 Å². The predicted octanol–water partition coefficient (Wildman–Crippen LogP) is 1.22. The van der Waals surface area contributed by atoms with Gasteiger partial charge in [0.1, 0.15) is 5.75 Å². The Kier molecular flexibility index (Phi) is 4.32. The van der Waals surface area contributed by atoms with Crippen LogP contribution in [-0.2, 0) is 14.8 Å². The molecule has 0 bridgehead atoms. The zero-order chi connectivity index (χ0) is 15.6. The number of nitrogens with zero attached hydrogens (tertiary/aromatic N) is 1. The van der Waals surface area contributed by atoms with Crippen molar-refractivity contribution < 1.29 is 22.7 Å². The number of sulfonamides is 1. The Morgan fingerprint density at radius 2 is 2.05 bits per heavy atom. The van der Waals surface area contributed by atoms with E-state index in [0.717, 1.165) is 4.31 Å². The van der Waals surface area contributed by atoms with Gasteiger partial charge >= 0.3 is 0 Å². The molecule has 6 nitrogen and oxygen atoms in total. The molecule has 0 N–H and O–H groups in total. The second-order valence-corrected chi connectivity index (χ2v) is 6.94. The van der Waals surface area contributed by atoms with Crippen molar-refractivity contribution in [3.8, 4) is 5.75 Å². The minimum Gasteiger partial charge on any atom is -0.481 e. The van der Waals surface area contributed by atoms with Crippen LogP contribution in [-0.4, -0.2) is 42.8 Å². The quantitative estimate of drug-likeness (QED) is 0.781. The monoisotopic (exact) mass is 311 g/mol. The van der Waals surface area contributed by atoms with E-state index in [-0.39, 0.29) is 18.1 Å². The van der Waals surface area contributed by atoms with Crippen LogP contribution in [0.25, 0.3) is 0 Å². The van der Waals surface area contributed by atoms with E-state index in [0.29, 0.717) is 17.7 Å². The minimum atomic E-state index is -3.50. The smallest absolute Gasteiger partial charge is 0.276 e. The van der Waals surface area contributed by atoms with Crippen LogP contribution in [0.15, 0.2) is 24.3 Å². The number of Topliss-reactive ketones (excluding diaryl/α,β-unsaturated/α-hetero) is 1.